The minimum atomic E-state index is 0.306. The maximum atomic E-state index is 5.76. The van der Waals surface area contributed by atoms with Crippen molar-refractivity contribution in [1.29, 1.82) is 0 Å². The molecule has 1 aliphatic heterocycles. The Balaban J connectivity index is 1.74. The van der Waals surface area contributed by atoms with Crippen LogP contribution in [0.2, 0.25) is 0 Å². The summed E-state index contributed by atoms with van der Waals surface area (Å²) in [7, 11) is 1.67. The molecule has 1 heterocycles. The number of nitrogens with zero attached hydrogens (tertiary/aromatic N) is 1. The molecule has 0 aliphatic carbocycles. The van der Waals surface area contributed by atoms with Crippen molar-refractivity contribution in [2.45, 2.75) is 32.4 Å². The Morgan fingerprint density at radius 3 is 2.56 bits per heavy atom. The lowest BCUT2D eigenvalue weighted by Crippen LogP contribution is -2.33. The van der Waals surface area contributed by atoms with Crippen LogP contribution in [0, 0.1) is 0 Å². The topological polar surface area (TPSA) is 33.7 Å². The Bertz CT molecular complexity index is 718. The molecule has 1 unspecified atom stereocenters. The van der Waals surface area contributed by atoms with Gasteiger partial charge in [0.05, 0.1) is 18.2 Å². The maximum absolute atomic E-state index is 5.76. The fraction of sp³-hybridized carbons (Fsp3) is 0.455. The van der Waals surface area contributed by atoms with Gasteiger partial charge in [0.25, 0.3) is 0 Å². The molecular formula is C22H29BrN2O2. The zero-order chi connectivity index (χ0) is 19.1. The number of benzene rings is 2. The molecule has 1 fully saturated rings. The van der Waals surface area contributed by atoms with Crippen LogP contribution >= 0.6 is 15.9 Å². The second-order valence-electron chi connectivity index (χ2n) is 6.89. The lowest BCUT2D eigenvalue weighted by Gasteiger charge is -2.25. The summed E-state index contributed by atoms with van der Waals surface area (Å²) in [5.74, 6) is 1.53. The van der Waals surface area contributed by atoms with Gasteiger partial charge in [0.1, 0.15) is 0 Å². The molecule has 0 saturated carbocycles. The zero-order valence-electron chi connectivity index (χ0n) is 16.2. The molecule has 0 amide bonds. The van der Waals surface area contributed by atoms with E-state index >= 15 is 0 Å². The molecule has 1 atom stereocenters. The number of rotatable bonds is 9. The van der Waals surface area contributed by atoms with Gasteiger partial charge >= 0.3 is 0 Å². The summed E-state index contributed by atoms with van der Waals surface area (Å²) in [6, 6.07) is 15.2. The Labute approximate surface area is 171 Å². The van der Waals surface area contributed by atoms with Crippen molar-refractivity contribution in [3.63, 3.8) is 0 Å². The van der Waals surface area contributed by atoms with Crippen LogP contribution in [-0.4, -0.2) is 38.3 Å². The summed E-state index contributed by atoms with van der Waals surface area (Å²) >= 11 is 3.61. The Morgan fingerprint density at radius 1 is 1.15 bits per heavy atom. The molecule has 3 rings (SSSR count). The van der Waals surface area contributed by atoms with Gasteiger partial charge in [0, 0.05) is 19.1 Å². The third kappa shape index (κ3) is 5.47. The van der Waals surface area contributed by atoms with E-state index in [0.717, 1.165) is 29.1 Å². The standard InChI is InChI=1S/C22H29BrN2O2/c1-3-27-21-14-17(13-19(23)22(21)26-2)15-24-20(16-25-11-7-8-12-25)18-9-5-4-6-10-18/h4-6,9-10,13-14,20,24H,3,7-8,11-12,15-16H2,1-2H3. The molecule has 0 radical (unpaired) electrons. The van der Waals surface area contributed by atoms with Crippen LogP contribution in [0.5, 0.6) is 11.5 Å². The predicted molar refractivity (Wildman–Crippen MR) is 114 cm³/mol. The summed E-state index contributed by atoms with van der Waals surface area (Å²) in [5.41, 5.74) is 2.51. The normalized spacial score (nSPS) is 15.7. The van der Waals surface area contributed by atoms with Crippen molar-refractivity contribution in [3.8, 4) is 11.5 Å². The first-order valence-corrected chi connectivity index (χ1v) is 10.5. The second kappa shape index (κ2) is 10.1. The highest BCUT2D eigenvalue weighted by atomic mass is 79.9. The maximum Gasteiger partial charge on any atom is 0.174 e. The summed E-state index contributed by atoms with van der Waals surface area (Å²) in [6.07, 6.45) is 2.62. The molecule has 5 heteroatoms. The average molecular weight is 433 g/mol. The van der Waals surface area contributed by atoms with Crippen LogP contribution in [-0.2, 0) is 6.54 Å². The van der Waals surface area contributed by atoms with Gasteiger partial charge in [-0.25, -0.2) is 0 Å². The first-order chi connectivity index (χ1) is 13.2. The fourth-order valence-electron chi connectivity index (χ4n) is 3.62. The monoisotopic (exact) mass is 432 g/mol. The fourth-order valence-corrected chi connectivity index (χ4v) is 4.27. The predicted octanol–water partition coefficient (Wildman–Crippen LogP) is 4.78. The van der Waals surface area contributed by atoms with Crippen molar-refractivity contribution in [2.24, 2.45) is 0 Å². The van der Waals surface area contributed by atoms with E-state index in [0.29, 0.717) is 12.6 Å². The highest BCUT2D eigenvalue weighted by molar-refractivity contribution is 9.10. The van der Waals surface area contributed by atoms with Crippen molar-refractivity contribution >= 4 is 15.9 Å². The molecule has 1 aliphatic rings. The van der Waals surface area contributed by atoms with Gasteiger partial charge in [-0.1, -0.05) is 30.3 Å². The van der Waals surface area contributed by atoms with E-state index in [1.165, 1.54) is 37.1 Å². The largest absolute Gasteiger partial charge is 0.492 e. The smallest absolute Gasteiger partial charge is 0.174 e. The number of likely N-dealkylation sites (tertiary alicyclic amines) is 1. The van der Waals surface area contributed by atoms with Crippen molar-refractivity contribution in [2.75, 3.05) is 33.4 Å². The van der Waals surface area contributed by atoms with E-state index in [2.05, 4.69) is 68.6 Å². The molecular weight excluding hydrogens is 404 g/mol. The minimum absolute atomic E-state index is 0.306. The van der Waals surface area contributed by atoms with Gasteiger partial charge < -0.3 is 19.7 Å². The quantitative estimate of drug-likeness (QED) is 0.617. The molecule has 0 spiro atoms. The van der Waals surface area contributed by atoms with Gasteiger partial charge in [-0.3, -0.25) is 0 Å². The summed E-state index contributed by atoms with van der Waals surface area (Å²) in [6.45, 7) is 6.82. The van der Waals surface area contributed by atoms with E-state index < -0.39 is 0 Å². The summed E-state index contributed by atoms with van der Waals surface area (Å²) < 4.78 is 12.1. The van der Waals surface area contributed by atoms with Crippen molar-refractivity contribution in [1.82, 2.24) is 10.2 Å². The Morgan fingerprint density at radius 2 is 1.89 bits per heavy atom. The third-order valence-electron chi connectivity index (χ3n) is 4.97. The summed E-state index contributed by atoms with van der Waals surface area (Å²) in [5, 5.41) is 3.75. The number of nitrogens with one attached hydrogen (secondary N) is 1. The van der Waals surface area contributed by atoms with Gasteiger partial charge in [-0.15, -0.1) is 0 Å². The Hall–Kier alpha value is -1.56. The molecule has 1 N–H and O–H groups in total. The zero-order valence-corrected chi connectivity index (χ0v) is 17.8. The first-order valence-electron chi connectivity index (χ1n) is 9.71. The van der Waals surface area contributed by atoms with Gasteiger partial charge in [-0.05, 0) is 72.0 Å². The molecule has 27 heavy (non-hydrogen) atoms. The molecule has 146 valence electrons. The highest BCUT2D eigenvalue weighted by Crippen LogP contribution is 2.36. The average Bonchev–Trinajstić information content (AvgIpc) is 3.19. The summed E-state index contributed by atoms with van der Waals surface area (Å²) in [4.78, 5) is 2.56. The van der Waals surface area contributed by atoms with Gasteiger partial charge in [0.15, 0.2) is 11.5 Å². The van der Waals surface area contributed by atoms with Gasteiger partial charge in [0.2, 0.25) is 0 Å². The van der Waals surface area contributed by atoms with Crippen LogP contribution in [0.25, 0.3) is 0 Å². The number of halogens is 1. The van der Waals surface area contributed by atoms with Crippen molar-refractivity contribution < 1.29 is 9.47 Å². The molecule has 2 aromatic rings. The molecule has 1 saturated heterocycles. The van der Waals surface area contributed by atoms with E-state index in [1.807, 2.05) is 6.92 Å². The van der Waals surface area contributed by atoms with E-state index in [-0.39, 0.29) is 0 Å². The molecule has 0 aromatic heterocycles. The second-order valence-corrected chi connectivity index (χ2v) is 7.75. The van der Waals surface area contributed by atoms with E-state index in [1.54, 1.807) is 7.11 Å². The first kappa shape index (κ1) is 20.2. The van der Waals surface area contributed by atoms with E-state index in [4.69, 9.17) is 9.47 Å². The van der Waals surface area contributed by atoms with Crippen LogP contribution < -0.4 is 14.8 Å². The third-order valence-corrected chi connectivity index (χ3v) is 5.56. The lowest BCUT2D eigenvalue weighted by atomic mass is 10.1. The highest BCUT2D eigenvalue weighted by Gasteiger charge is 2.19. The molecule has 4 nitrogen and oxygen atoms in total. The van der Waals surface area contributed by atoms with Crippen LogP contribution in [0.15, 0.2) is 46.9 Å². The SMILES string of the molecule is CCOc1cc(CNC(CN2CCCC2)c2ccccc2)cc(Br)c1OC. The van der Waals surface area contributed by atoms with Crippen LogP contribution in [0.4, 0.5) is 0 Å². The van der Waals surface area contributed by atoms with Gasteiger partial charge in [-0.2, -0.15) is 0 Å². The number of hydrogen-bond donors (Lipinski definition) is 1. The number of methoxy groups -OCH3 is 1. The van der Waals surface area contributed by atoms with Crippen LogP contribution in [0.1, 0.15) is 36.9 Å². The molecule has 2 aromatic carbocycles. The number of ether oxygens (including phenoxy) is 2. The van der Waals surface area contributed by atoms with E-state index in [9.17, 15) is 0 Å². The minimum Gasteiger partial charge on any atom is -0.492 e. The number of hydrogen-bond acceptors (Lipinski definition) is 4. The lowest BCUT2D eigenvalue weighted by molar-refractivity contribution is 0.291. The van der Waals surface area contributed by atoms with Crippen molar-refractivity contribution in [3.05, 3.63) is 58.1 Å². The molecule has 0 bridgehead atoms. The van der Waals surface area contributed by atoms with Crippen LogP contribution in [0.3, 0.4) is 0 Å². The Kier molecular flexibility index (Phi) is 7.56.